The first-order chi connectivity index (χ1) is 10.2. The molecule has 0 bridgehead atoms. The highest BCUT2D eigenvalue weighted by Gasteiger charge is 2.32. The number of benzene rings is 1. The van der Waals surface area contributed by atoms with Crippen LogP contribution in [0.25, 0.3) is 0 Å². The molecule has 0 heterocycles. The predicted octanol–water partition coefficient (Wildman–Crippen LogP) is 2.03. The average Bonchev–Trinajstić information content (AvgIpc) is 2.96. The molecule has 2 rings (SSSR count). The molecule has 112 valence electrons. The minimum Gasteiger partial charge on any atom is -0.381 e. The zero-order valence-electron chi connectivity index (χ0n) is 12.5. The lowest BCUT2D eigenvalue weighted by molar-refractivity contribution is -0.124. The lowest BCUT2D eigenvalue weighted by atomic mass is 10.0. The minimum atomic E-state index is 0.000961. The molecule has 0 saturated heterocycles. The van der Waals surface area contributed by atoms with E-state index < -0.39 is 0 Å². The van der Waals surface area contributed by atoms with E-state index >= 15 is 0 Å². The Morgan fingerprint density at radius 3 is 2.95 bits per heavy atom. The number of carbonyl (C=O) groups excluding carboxylic acids is 1. The number of rotatable bonds is 5. The van der Waals surface area contributed by atoms with Crippen LogP contribution in [0.1, 0.15) is 30.4 Å². The van der Waals surface area contributed by atoms with Gasteiger partial charge in [0, 0.05) is 31.5 Å². The van der Waals surface area contributed by atoms with E-state index in [1.54, 1.807) is 20.2 Å². The minimum absolute atomic E-state index is 0.000961. The lowest BCUT2D eigenvalue weighted by Crippen LogP contribution is -2.36. The molecule has 2 atom stereocenters. The maximum Gasteiger partial charge on any atom is 0.224 e. The fourth-order valence-electron chi connectivity index (χ4n) is 2.91. The Morgan fingerprint density at radius 2 is 2.29 bits per heavy atom. The van der Waals surface area contributed by atoms with Crippen molar-refractivity contribution in [2.24, 2.45) is 5.92 Å². The summed E-state index contributed by atoms with van der Waals surface area (Å²) in [5.41, 5.74) is 2.50. The maximum absolute atomic E-state index is 11.9. The molecule has 2 unspecified atom stereocenters. The van der Waals surface area contributed by atoms with E-state index in [0.717, 1.165) is 30.5 Å². The zero-order chi connectivity index (χ0) is 15.2. The summed E-state index contributed by atoms with van der Waals surface area (Å²) in [5.74, 6) is 0.0907. The summed E-state index contributed by atoms with van der Waals surface area (Å²) in [6.45, 7) is 0.440. The Labute approximate surface area is 125 Å². The summed E-state index contributed by atoms with van der Waals surface area (Å²) in [5, 5.41) is 15.2. The third-order valence-electron chi connectivity index (χ3n) is 3.97. The number of methoxy groups -OCH3 is 1. The number of nitriles is 1. The number of amides is 1. The van der Waals surface area contributed by atoms with Crippen molar-refractivity contribution in [3.63, 3.8) is 0 Å². The highest BCUT2D eigenvalue weighted by molar-refractivity contribution is 5.80. The molecule has 1 saturated carbocycles. The first-order valence-electron chi connectivity index (χ1n) is 7.19. The highest BCUT2D eigenvalue weighted by atomic mass is 16.5. The van der Waals surface area contributed by atoms with Crippen LogP contribution in [0.5, 0.6) is 0 Å². The summed E-state index contributed by atoms with van der Waals surface area (Å²) in [6, 6.07) is 7.78. The van der Waals surface area contributed by atoms with Crippen molar-refractivity contribution in [3.05, 3.63) is 29.3 Å². The van der Waals surface area contributed by atoms with Crippen LogP contribution in [-0.4, -0.2) is 26.1 Å². The van der Waals surface area contributed by atoms with Crippen molar-refractivity contribution < 1.29 is 9.53 Å². The van der Waals surface area contributed by atoms with Crippen LogP contribution in [0.15, 0.2) is 18.2 Å². The monoisotopic (exact) mass is 287 g/mol. The quantitative estimate of drug-likeness (QED) is 0.869. The van der Waals surface area contributed by atoms with Gasteiger partial charge in [0.2, 0.25) is 5.91 Å². The molecule has 21 heavy (non-hydrogen) atoms. The first kappa shape index (κ1) is 15.3. The van der Waals surface area contributed by atoms with Crippen molar-refractivity contribution in [2.75, 3.05) is 19.5 Å². The third kappa shape index (κ3) is 3.53. The van der Waals surface area contributed by atoms with E-state index in [0.29, 0.717) is 12.2 Å². The number of hydrogen-bond acceptors (Lipinski definition) is 4. The van der Waals surface area contributed by atoms with Crippen LogP contribution >= 0.6 is 0 Å². The molecule has 0 radical (unpaired) electrons. The second-order valence-electron chi connectivity index (χ2n) is 5.32. The van der Waals surface area contributed by atoms with Gasteiger partial charge in [0.05, 0.1) is 24.2 Å². The van der Waals surface area contributed by atoms with Crippen LogP contribution in [0.2, 0.25) is 0 Å². The molecule has 1 aromatic carbocycles. The van der Waals surface area contributed by atoms with Gasteiger partial charge in [-0.15, -0.1) is 0 Å². The van der Waals surface area contributed by atoms with Gasteiger partial charge in [-0.1, -0.05) is 6.42 Å². The molecule has 2 N–H and O–H groups in total. The molecule has 5 heteroatoms. The fraction of sp³-hybridized carbons (Fsp3) is 0.500. The van der Waals surface area contributed by atoms with Crippen molar-refractivity contribution in [1.82, 2.24) is 5.32 Å². The number of nitrogens with one attached hydrogen (secondary N) is 2. The van der Waals surface area contributed by atoms with Gasteiger partial charge in [0.25, 0.3) is 0 Å². The topological polar surface area (TPSA) is 74.2 Å². The average molecular weight is 287 g/mol. The van der Waals surface area contributed by atoms with Crippen LogP contribution in [0.3, 0.4) is 0 Å². The number of nitrogens with zero attached hydrogens (tertiary/aromatic N) is 1. The van der Waals surface area contributed by atoms with Crippen LogP contribution < -0.4 is 10.6 Å². The lowest BCUT2D eigenvalue weighted by Gasteiger charge is -2.22. The summed E-state index contributed by atoms with van der Waals surface area (Å²) in [6.07, 6.45) is 2.93. The van der Waals surface area contributed by atoms with Gasteiger partial charge in [-0.05, 0) is 31.0 Å². The Hall–Kier alpha value is -2.06. The van der Waals surface area contributed by atoms with Gasteiger partial charge < -0.3 is 15.4 Å². The molecule has 1 amide bonds. The van der Waals surface area contributed by atoms with E-state index in [1.807, 2.05) is 12.1 Å². The van der Waals surface area contributed by atoms with E-state index in [9.17, 15) is 4.79 Å². The number of carbonyl (C=O) groups is 1. The molecule has 1 fully saturated rings. The molecule has 1 aliphatic rings. The largest absolute Gasteiger partial charge is 0.381 e. The van der Waals surface area contributed by atoms with Gasteiger partial charge in [-0.2, -0.15) is 5.26 Å². The standard InChI is InChI=1S/C16H21N3O2/c1-18-16(20)13-4-3-5-15(13)19-14-7-6-11(9-17)8-12(14)10-21-2/h6-8,13,15,19H,3-5,10H2,1-2H3,(H,18,20). The van der Waals surface area contributed by atoms with E-state index in [-0.39, 0.29) is 17.9 Å². The summed E-state index contributed by atoms with van der Waals surface area (Å²) < 4.78 is 5.20. The molecular weight excluding hydrogens is 266 g/mol. The van der Waals surface area contributed by atoms with E-state index in [4.69, 9.17) is 10.00 Å². The molecule has 1 aromatic rings. The van der Waals surface area contributed by atoms with Crippen LogP contribution in [0, 0.1) is 17.2 Å². The predicted molar refractivity (Wildman–Crippen MR) is 80.7 cm³/mol. The second-order valence-corrected chi connectivity index (χ2v) is 5.32. The van der Waals surface area contributed by atoms with E-state index in [2.05, 4.69) is 16.7 Å². The summed E-state index contributed by atoms with van der Waals surface area (Å²) in [7, 11) is 3.31. The second kappa shape index (κ2) is 7.09. The third-order valence-corrected chi connectivity index (χ3v) is 3.97. The molecule has 0 aliphatic heterocycles. The molecule has 5 nitrogen and oxygen atoms in total. The van der Waals surface area contributed by atoms with E-state index in [1.165, 1.54) is 0 Å². The Bertz CT molecular complexity index is 551. The molecule has 0 spiro atoms. The SMILES string of the molecule is CNC(=O)C1CCCC1Nc1ccc(C#N)cc1COC. The highest BCUT2D eigenvalue weighted by Crippen LogP contribution is 2.30. The van der Waals surface area contributed by atoms with Gasteiger partial charge in [-0.3, -0.25) is 4.79 Å². The number of anilines is 1. The maximum atomic E-state index is 11.9. The van der Waals surface area contributed by atoms with Gasteiger partial charge in [-0.25, -0.2) is 0 Å². The Kier molecular flexibility index (Phi) is 5.18. The zero-order valence-corrected chi connectivity index (χ0v) is 12.5. The van der Waals surface area contributed by atoms with Crippen molar-refractivity contribution in [2.45, 2.75) is 31.9 Å². The van der Waals surface area contributed by atoms with Crippen LogP contribution in [0.4, 0.5) is 5.69 Å². The van der Waals surface area contributed by atoms with Gasteiger partial charge in [0.15, 0.2) is 0 Å². The summed E-state index contributed by atoms with van der Waals surface area (Å²) >= 11 is 0. The number of hydrogen-bond donors (Lipinski definition) is 2. The Balaban J connectivity index is 2.18. The van der Waals surface area contributed by atoms with Crippen molar-refractivity contribution in [1.29, 1.82) is 5.26 Å². The smallest absolute Gasteiger partial charge is 0.224 e. The Morgan fingerprint density at radius 1 is 1.48 bits per heavy atom. The molecule has 1 aliphatic carbocycles. The van der Waals surface area contributed by atoms with Crippen LogP contribution in [-0.2, 0) is 16.1 Å². The van der Waals surface area contributed by atoms with Crippen molar-refractivity contribution in [3.8, 4) is 6.07 Å². The molecular formula is C16H21N3O2. The van der Waals surface area contributed by atoms with Gasteiger partial charge >= 0.3 is 0 Å². The number of ether oxygens (including phenoxy) is 1. The van der Waals surface area contributed by atoms with Gasteiger partial charge in [0.1, 0.15) is 0 Å². The summed E-state index contributed by atoms with van der Waals surface area (Å²) in [4.78, 5) is 11.9. The fourth-order valence-corrected chi connectivity index (χ4v) is 2.91. The van der Waals surface area contributed by atoms with Crippen molar-refractivity contribution >= 4 is 11.6 Å². The normalized spacial score (nSPS) is 20.8. The first-order valence-corrected chi connectivity index (χ1v) is 7.19. The molecule has 0 aromatic heterocycles.